The molecule has 0 fully saturated rings. The van der Waals surface area contributed by atoms with Crippen molar-refractivity contribution in [1.29, 1.82) is 0 Å². The molecule has 64 valence electrons. The molecule has 1 aromatic rings. The number of thiophene rings is 1. The predicted molar refractivity (Wildman–Crippen MR) is 54.2 cm³/mol. The van der Waals surface area contributed by atoms with Crippen LogP contribution in [0.15, 0.2) is 24.5 Å². The molecule has 3 nitrogen and oxygen atoms in total. The van der Waals surface area contributed by atoms with Gasteiger partial charge in [0.1, 0.15) is 4.21 Å². The third-order valence-corrected chi connectivity index (χ3v) is 4.44. The van der Waals surface area contributed by atoms with E-state index in [4.69, 9.17) is 0 Å². The van der Waals surface area contributed by atoms with E-state index in [-0.39, 0.29) is 4.21 Å². The van der Waals surface area contributed by atoms with Crippen LogP contribution in [0.4, 0.5) is 0 Å². The molecule has 0 spiro atoms. The van der Waals surface area contributed by atoms with Gasteiger partial charge in [-0.25, -0.2) is 0 Å². The van der Waals surface area contributed by atoms with Crippen molar-refractivity contribution in [2.45, 2.75) is 4.21 Å². The molecule has 0 unspecified atom stereocenters. The number of isothiocyanates is 1. The summed E-state index contributed by atoms with van der Waals surface area (Å²) in [5, 5.41) is 1.83. The molecule has 0 saturated carbocycles. The van der Waals surface area contributed by atoms with Gasteiger partial charge in [0.25, 0.3) is 10.0 Å². The van der Waals surface area contributed by atoms with E-state index in [1.54, 1.807) is 6.07 Å². The first kappa shape index (κ1) is 10.0. The summed E-state index contributed by atoms with van der Waals surface area (Å²) in [5.74, 6) is 0. The minimum atomic E-state index is -3.59. The summed E-state index contributed by atoms with van der Waals surface area (Å²) in [6.45, 7) is 0. The Morgan fingerprint density at radius 2 is 2.25 bits per heavy atom. The number of hydrogen-bond donors (Lipinski definition) is 0. The highest BCUT2D eigenvalue weighted by atomic mass is 79.9. The molecule has 0 saturated heterocycles. The molecule has 0 aliphatic rings. The number of hydrogen-bond acceptors (Lipinski definition) is 4. The van der Waals surface area contributed by atoms with Crippen LogP contribution in [-0.2, 0) is 10.0 Å². The zero-order valence-corrected chi connectivity index (χ0v) is 9.56. The van der Waals surface area contributed by atoms with Crippen molar-refractivity contribution < 1.29 is 8.42 Å². The third-order valence-electron chi connectivity index (χ3n) is 0.960. The smallest absolute Gasteiger partial charge is 0.198 e. The van der Waals surface area contributed by atoms with Crippen LogP contribution >= 0.6 is 39.5 Å². The Balaban J connectivity index is 3.23. The van der Waals surface area contributed by atoms with Crippen LogP contribution in [0, 0.1) is 0 Å². The van der Waals surface area contributed by atoms with Gasteiger partial charge in [-0.1, -0.05) is 0 Å². The first-order chi connectivity index (χ1) is 5.56. The second-order valence-corrected chi connectivity index (χ2v) is 6.19. The van der Waals surface area contributed by atoms with Crippen molar-refractivity contribution >= 4 is 54.7 Å². The molecule has 0 aliphatic heterocycles. The Bertz CT molecular complexity index is 429. The summed E-state index contributed by atoms with van der Waals surface area (Å²) < 4.78 is 26.2. The second-order valence-electron chi connectivity index (χ2n) is 1.72. The maximum atomic E-state index is 11.1. The van der Waals surface area contributed by atoms with Crippen LogP contribution in [0.2, 0.25) is 0 Å². The minimum Gasteiger partial charge on any atom is -0.198 e. The lowest BCUT2D eigenvalue weighted by Gasteiger charge is -1.87. The largest absolute Gasteiger partial charge is 0.300 e. The molecule has 0 aliphatic carbocycles. The SMILES string of the molecule is O=S(=O)(N=C=S)c1ccc(Br)s1. The number of sulfonamides is 1. The number of thiocarbonyl (C=S) groups is 1. The lowest BCUT2D eigenvalue weighted by Crippen LogP contribution is -1.91. The molecule has 0 aromatic carbocycles. The molecule has 0 N–H and O–H groups in total. The van der Waals surface area contributed by atoms with E-state index in [1.165, 1.54) is 6.07 Å². The molecule has 1 aromatic heterocycles. The van der Waals surface area contributed by atoms with E-state index < -0.39 is 10.0 Å². The fourth-order valence-electron chi connectivity index (χ4n) is 0.530. The number of halogens is 1. The highest BCUT2D eigenvalue weighted by Gasteiger charge is 2.13. The van der Waals surface area contributed by atoms with Gasteiger partial charge in [-0.2, -0.15) is 8.42 Å². The number of nitrogens with zero attached hydrogens (tertiary/aromatic N) is 1. The predicted octanol–water partition coefficient (Wildman–Crippen LogP) is 2.30. The summed E-state index contributed by atoms with van der Waals surface area (Å²) in [7, 11) is -3.59. The van der Waals surface area contributed by atoms with Crippen molar-refractivity contribution in [2.24, 2.45) is 4.40 Å². The van der Waals surface area contributed by atoms with Crippen LogP contribution in [0.1, 0.15) is 0 Å². The summed E-state index contributed by atoms with van der Waals surface area (Å²) in [4.78, 5) is 0. The van der Waals surface area contributed by atoms with Crippen LogP contribution in [0.3, 0.4) is 0 Å². The normalized spacial score (nSPS) is 10.8. The average molecular weight is 284 g/mol. The van der Waals surface area contributed by atoms with Crippen LogP contribution in [-0.4, -0.2) is 13.6 Å². The van der Waals surface area contributed by atoms with Crippen molar-refractivity contribution in [3.63, 3.8) is 0 Å². The average Bonchev–Trinajstić information content (AvgIpc) is 2.36. The van der Waals surface area contributed by atoms with E-state index in [0.717, 1.165) is 15.1 Å². The van der Waals surface area contributed by atoms with Crippen molar-refractivity contribution in [3.8, 4) is 0 Å². The Morgan fingerprint density at radius 3 is 2.67 bits per heavy atom. The molecule has 0 atom stereocenters. The Morgan fingerprint density at radius 1 is 1.58 bits per heavy atom. The van der Waals surface area contributed by atoms with Gasteiger partial charge in [0.2, 0.25) is 0 Å². The van der Waals surface area contributed by atoms with Gasteiger partial charge in [-0.05, 0) is 40.3 Å². The van der Waals surface area contributed by atoms with Crippen LogP contribution in [0.5, 0.6) is 0 Å². The van der Waals surface area contributed by atoms with Crippen molar-refractivity contribution in [2.75, 3.05) is 0 Å². The molecular formula is C5H2BrNO2S3. The van der Waals surface area contributed by atoms with Crippen molar-refractivity contribution in [3.05, 3.63) is 15.9 Å². The first-order valence-electron chi connectivity index (χ1n) is 2.66. The summed E-state index contributed by atoms with van der Waals surface area (Å²) in [6, 6.07) is 3.09. The van der Waals surface area contributed by atoms with Gasteiger partial charge >= 0.3 is 0 Å². The molecule has 0 radical (unpaired) electrons. The van der Waals surface area contributed by atoms with Crippen LogP contribution in [0.25, 0.3) is 0 Å². The zero-order valence-electron chi connectivity index (χ0n) is 5.52. The zero-order chi connectivity index (χ0) is 9.19. The highest BCUT2D eigenvalue weighted by molar-refractivity contribution is 9.11. The maximum absolute atomic E-state index is 11.1. The van der Waals surface area contributed by atoms with Gasteiger partial charge in [0, 0.05) is 0 Å². The Hall–Kier alpha value is -0.0700. The van der Waals surface area contributed by atoms with Crippen molar-refractivity contribution in [1.82, 2.24) is 0 Å². The fourth-order valence-corrected chi connectivity index (χ4v) is 3.50. The molecule has 1 heterocycles. The van der Waals surface area contributed by atoms with Gasteiger partial charge in [-0.15, -0.1) is 15.7 Å². The number of rotatable bonds is 2. The summed E-state index contributed by atoms with van der Waals surface area (Å²) >= 11 is 8.43. The van der Waals surface area contributed by atoms with Gasteiger partial charge in [-0.3, -0.25) is 0 Å². The quantitative estimate of drug-likeness (QED) is 0.618. The van der Waals surface area contributed by atoms with E-state index >= 15 is 0 Å². The maximum Gasteiger partial charge on any atom is 0.300 e. The molecule has 0 bridgehead atoms. The third kappa shape index (κ3) is 2.21. The molecule has 7 heteroatoms. The standard InChI is InChI=1S/C5H2BrNO2S3/c6-4-1-2-5(11-4)12(8,9)7-3-10/h1-2H. The van der Waals surface area contributed by atoms with Crippen LogP contribution < -0.4 is 0 Å². The van der Waals surface area contributed by atoms with Gasteiger partial charge < -0.3 is 0 Å². The first-order valence-corrected chi connectivity index (χ1v) is 6.11. The van der Waals surface area contributed by atoms with Gasteiger partial charge in [0.15, 0.2) is 0 Å². The molecule has 12 heavy (non-hydrogen) atoms. The van der Waals surface area contributed by atoms with Gasteiger partial charge in [0.05, 0.1) is 8.95 Å². The molecular weight excluding hydrogens is 282 g/mol. The molecule has 1 rings (SSSR count). The lowest BCUT2D eigenvalue weighted by molar-refractivity contribution is 0.600. The molecule has 0 amide bonds. The summed E-state index contributed by atoms with van der Waals surface area (Å²) in [5.41, 5.74) is 0. The Kier molecular flexibility index (Phi) is 3.14. The van der Waals surface area contributed by atoms with E-state index in [2.05, 4.69) is 32.5 Å². The minimum absolute atomic E-state index is 0.159. The van der Waals surface area contributed by atoms with E-state index in [1.807, 2.05) is 5.16 Å². The fraction of sp³-hybridized carbons (Fsp3) is 0. The summed E-state index contributed by atoms with van der Waals surface area (Å²) in [6.07, 6.45) is 0. The monoisotopic (exact) mass is 283 g/mol. The topological polar surface area (TPSA) is 46.5 Å². The highest BCUT2D eigenvalue weighted by Crippen LogP contribution is 2.26. The van der Waals surface area contributed by atoms with E-state index in [9.17, 15) is 8.42 Å². The van der Waals surface area contributed by atoms with E-state index in [0.29, 0.717) is 0 Å². The second kappa shape index (κ2) is 3.76. The Labute approximate surface area is 87.3 Å². The lowest BCUT2D eigenvalue weighted by atomic mass is 10.7.